The summed E-state index contributed by atoms with van der Waals surface area (Å²) in [5, 5.41) is 0. The van der Waals surface area contributed by atoms with Crippen LogP contribution in [0.1, 0.15) is 88.7 Å². The minimum absolute atomic E-state index is 0.218. The van der Waals surface area contributed by atoms with Gasteiger partial charge in [0.2, 0.25) is 0 Å². The molecule has 31 heavy (non-hydrogen) atoms. The van der Waals surface area contributed by atoms with E-state index in [4.69, 9.17) is 0 Å². The Hall–Kier alpha value is -1.96. The molecule has 0 heterocycles. The lowest BCUT2D eigenvalue weighted by molar-refractivity contribution is 0.249. The van der Waals surface area contributed by atoms with E-state index in [-0.39, 0.29) is 11.6 Å². The van der Waals surface area contributed by atoms with Crippen LogP contribution in [0, 0.1) is 23.5 Å². The molecule has 0 atom stereocenters. The molecular formula is C29H36F2. The van der Waals surface area contributed by atoms with Crippen LogP contribution in [0.4, 0.5) is 8.78 Å². The van der Waals surface area contributed by atoms with Gasteiger partial charge < -0.3 is 0 Å². The third-order valence-corrected chi connectivity index (χ3v) is 7.52. The van der Waals surface area contributed by atoms with Gasteiger partial charge in [0.05, 0.1) is 0 Å². The van der Waals surface area contributed by atoms with Gasteiger partial charge in [-0.25, -0.2) is 8.78 Å². The van der Waals surface area contributed by atoms with Crippen molar-refractivity contribution in [3.63, 3.8) is 0 Å². The summed E-state index contributed by atoms with van der Waals surface area (Å²) in [6.45, 7) is 2.29. The number of fused-ring (bicyclic) bond motifs is 1. The van der Waals surface area contributed by atoms with Gasteiger partial charge >= 0.3 is 0 Å². The first-order valence-corrected chi connectivity index (χ1v) is 12.4. The number of benzene rings is 2. The number of rotatable bonds is 8. The largest absolute Gasteiger partial charge is 0.207 e. The van der Waals surface area contributed by atoms with E-state index in [9.17, 15) is 8.78 Å². The predicted octanol–water partition coefficient (Wildman–Crippen LogP) is 9.13. The van der Waals surface area contributed by atoms with Crippen LogP contribution < -0.4 is 0 Å². The molecule has 2 heteroatoms. The van der Waals surface area contributed by atoms with Crippen LogP contribution in [0.3, 0.4) is 0 Å². The molecule has 1 fully saturated rings. The van der Waals surface area contributed by atoms with E-state index >= 15 is 0 Å². The number of hydrogen-bond acceptors (Lipinski definition) is 0. The topological polar surface area (TPSA) is 0 Å². The molecule has 4 rings (SSSR count). The van der Waals surface area contributed by atoms with Crippen molar-refractivity contribution in [3.8, 4) is 11.1 Å². The van der Waals surface area contributed by atoms with Gasteiger partial charge in [-0.15, -0.1) is 0 Å². The summed E-state index contributed by atoms with van der Waals surface area (Å²) in [5.41, 5.74) is 5.03. The fourth-order valence-corrected chi connectivity index (χ4v) is 5.50. The summed E-state index contributed by atoms with van der Waals surface area (Å²) in [5.74, 6) is 1.34. The van der Waals surface area contributed by atoms with Gasteiger partial charge in [0.25, 0.3) is 0 Å². The molecule has 0 saturated heterocycles. The van der Waals surface area contributed by atoms with Crippen LogP contribution in [0.5, 0.6) is 0 Å². The minimum Gasteiger partial charge on any atom is -0.207 e. The van der Waals surface area contributed by atoms with Crippen molar-refractivity contribution in [1.29, 1.82) is 0 Å². The van der Waals surface area contributed by atoms with E-state index < -0.39 is 0 Å². The molecule has 0 amide bonds. The highest BCUT2D eigenvalue weighted by Crippen LogP contribution is 2.37. The summed E-state index contributed by atoms with van der Waals surface area (Å²) in [7, 11) is 0. The molecule has 0 unspecified atom stereocenters. The van der Waals surface area contributed by atoms with Crippen molar-refractivity contribution in [2.45, 2.75) is 84.0 Å². The van der Waals surface area contributed by atoms with Crippen molar-refractivity contribution in [1.82, 2.24) is 0 Å². The van der Waals surface area contributed by atoms with Crippen LogP contribution in [-0.2, 0) is 6.42 Å². The Morgan fingerprint density at radius 2 is 1.55 bits per heavy atom. The monoisotopic (exact) mass is 422 g/mol. The molecule has 0 nitrogen and oxygen atoms in total. The molecule has 0 aromatic heterocycles. The first kappa shape index (κ1) is 22.2. The Kier molecular flexibility index (Phi) is 7.58. The van der Waals surface area contributed by atoms with Crippen molar-refractivity contribution >= 4 is 6.08 Å². The summed E-state index contributed by atoms with van der Waals surface area (Å²) in [4.78, 5) is 0. The van der Waals surface area contributed by atoms with Gasteiger partial charge in [0, 0.05) is 5.56 Å². The molecule has 0 aliphatic heterocycles. The van der Waals surface area contributed by atoms with E-state index in [1.165, 1.54) is 81.1 Å². The van der Waals surface area contributed by atoms with E-state index in [0.29, 0.717) is 5.56 Å². The Bertz CT molecular complexity index is 886. The highest BCUT2D eigenvalue weighted by molar-refractivity contribution is 5.70. The zero-order valence-electron chi connectivity index (χ0n) is 18.9. The quantitative estimate of drug-likeness (QED) is 0.372. The number of allylic oxidation sites excluding steroid dienone is 1. The SMILES string of the molecule is CCCCCC1CCC(CCC2=Cc3cc(F)c(-c4ccc(F)cc4)cc3CC2)CC1. The lowest BCUT2D eigenvalue weighted by Gasteiger charge is -2.29. The maximum absolute atomic E-state index is 14.8. The first-order chi connectivity index (χ1) is 15.1. The number of hydrogen-bond donors (Lipinski definition) is 0. The van der Waals surface area contributed by atoms with Crippen LogP contribution in [0.15, 0.2) is 42.0 Å². The minimum atomic E-state index is -0.292. The third kappa shape index (κ3) is 5.84. The van der Waals surface area contributed by atoms with E-state index in [2.05, 4.69) is 13.0 Å². The molecule has 0 bridgehead atoms. The maximum Gasteiger partial charge on any atom is 0.131 e. The standard InChI is InChI=1S/C29H36F2/c1-2-3-4-5-21-6-8-22(9-7-21)10-11-23-12-13-25-19-28(29(31)20-26(25)18-23)24-14-16-27(30)17-15-24/h14-22H,2-13H2,1H3. The number of aryl methyl sites for hydroxylation is 1. The summed E-state index contributed by atoms with van der Waals surface area (Å²) >= 11 is 0. The Morgan fingerprint density at radius 1 is 0.839 bits per heavy atom. The van der Waals surface area contributed by atoms with Crippen LogP contribution in [0.25, 0.3) is 17.2 Å². The first-order valence-electron chi connectivity index (χ1n) is 12.4. The normalized spacial score (nSPS) is 20.9. The molecule has 166 valence electrons. The summed E-state index contributed by atoms with van der Waals surface area (Å²) < 4.78 is 28.0. The molecule has 0 radical (unpaired) electrons. The molecule has 0 N–H and O–H groups in total. The Balaban J connectivity index is 1.33. The number of halogens is 2. The van der Waals surface area contributed by atoms with Gasteiger partial charge in [-0.2, -0.15) is 0 Å². The van der Waals surface area contributed by atoms with Gasteiger partial charge in [0.1, 0.15) is 11.6 Å². The van der Waals surface area contributed by atoms with Crippen molar-refractivity contribution in [2.24, 2.45) is 11.8 Å². The Labute approximate surface area is 186 Å². The van der Waals surface area contributed by atoms with Gasteiger partial charge in [-0.1, -0.05) is 82.1 Å². The Morgan fingerprint density at radius 3 is 2.26 bits per heavy atom. The molecule has 2 aromatic rings. The highest BCUT2D eigenvalue weighted by atomic mass is 19.1. The van der Waals surface area contributed by atoms with Gasteiger partial charge in [-0.3, -0.25) is 0 Å². The third-order valence-electron chi connectivity index (χ3n) is 7.52. The number of unbranched alkanes of at least 4 members (excludes halogenated alkanes) is 2. The second-order valence-corrected chi connectivity index (χ2v) is 9.76. The van der Waals surface area contributed by atoms with E-state index in [1.807, 2.05) is 6.07 Å². The lowest BCUT2D eigenvalue weighted by atomic mass is 9.77. The summed E-state index contributed by atoms with van der Waals surface area (Å²) in [6.07, 6.45) is 17.9. The van der Waals surface area contributed by atoms with Crippen molar-refractivity contribution in [2.75, 3.05) is 0 Å². The average Bonchev–Trinajstić information content (AvgIpc) is 2.79. The zero-order chi connectivity index (χ0) is 21.6. The van der Waals surface area contributed by atoms with Crippen LogP contribution >= 0.6 is 0 Å². The second kappa shape index (κ2) is 10.6. The van der Waals surface area contributed by atoms with E-state index in [0.717, 1.165) is 42.2 Å². The van der Waals surface area contributed by atoms with Crippen molar-refractivity contribution in [3.05, 3.63) is 64.7 Å². The summed E-state index contributed by atoms with van der Waals surface area (Å²) in [6, 6.07) is 9.74. The highest BCUT2D eigenvalue weighted by Gasteiger charge is 2.22. The molecule has 2 aromatic carbocycles. The van der Waals surface area contributed by atoms with Crippen molar-refractivity contribution < 1.29 is 8.78 Å². The average molecular weight is 423 g/mol. The second-order valence-electron chi connectivity index (χ2n) is 9.76. The fourth-order valence-electron chi connectivity index (χ4n) is 5.50. The zero-order valence-corrected chi connectivity index (χ0v) is 18.9. The molecule has 1 saturated carbocycles. The maximum atomic E-state index is 14.8. The predicted molar refractivity (Wildman–Crippen MR) is 127 cm³/mol. The molecule has 2 aliphatic carbocycles. The fraction of sp³-hybridized carbons (Fsp3) is 0.517. The van der Waals surface area contributed by atoms with Gasteiger partial charge in [0.15, 0.2) is 0 Å². The smallest absolute Gasteiger partial charge is 0.131 e. The lowest BCUT2D eigenvalue weighted by Crippen LogP contribution is -2.15. The molecule has 0 spiro atoms. The van der Waals surface area contributed by atoms with Crippen LogP contribution in [0.2, 0.25) is 0 Å². The van der Waals surface area contributed by atoms with Crippen LogP contribution in [-0.4, -0.2) is 0 Å². The molecular weight excluding hydrogens is 386 g/mol. The molecule has 2 aliphatic rings. The van der Waals surface area contributed by atoms with E-state index in [1.54, 1.807) is 18.2 Å². The van der Waals surface area contributed by atoms with Gasteiger partial charge in [-0.05, 0) is 78.5 Å².